The van der Waals surface area contributed by atoms with Gasteiger partial charge in [-0.15, -0.1) is 10.2 Å². The Hall–Kier alpha value is -2.42. The number of benzene rings is 1. The fourth-order valence-corrected chi connectivity index (χ4v) is 2.49. The molecule has 0 aliphatic rings. The van der Waals surface area contributed by atoms with Gasteiger partial charge >= 0.3 is 0 Å². The highest BCUT2D eigenvalue weighted by atomic mass is 32.2. The number of rotatable bonds is 4. The maximum Gasteiger partial charge on any atom is 0.247 e. The van der Waals surface area contributed by atoms with Gasteiger partial charge in [0.05, 0.1) is 10.8 Å². The molecule has 0 saturated carbocycles. The van der Waals surface area contributed by atoms with Crippen LogP contribution >= 0.6 is 0 Å². The van der Waals surface area contributed by atoms with E-state index in [0.717, 1.165) is 0 Å². The third-order valence-corrected chi connectivity index (χ3v) is 3.87. The molecule has 114 valence electrons. The first-order valence-electron chi connectivity index (χ1n) is 6.35. The highest BCUT2D eigenvalue weighted by molar-refractivity contribution is 7.84. The normalized spacial score (nSPS) is 12.5. The van der Waals surface area contributed by atoms with Crippen LogP contribution in [0.2, 0.25) is 0 Å². The van der Waals surface area contributed by atoms with Gasteiger partial charge in [0.25, 0.3) is 0 Å². The number of hydrogen-bond donors (Lipinski definition) is 0. The molecule has 2 heterocycles. The Morgan fingerprint density at radius 3 is 2.95 bits per heavy atom. The van der Waals surface area contributed by atoms with E-state index in [0.29, 0.717) is 28.0 Å². The summed E-state index contributed by atoms with van der Waals surface area (Å²) in [5.74, 6) is 0.259. The quantitative estimate of drug-likeness (QED) is 0.725. The Kier molecular flexibility index (Phi) is 3.80. The molecule has 2 aromatic heterocycles. The molecule has 9 heteroatoms. The average molecular weight is 321 g/mol. The lowest BCUT2D eigenvalue weighted by atomic mass is 10.1. The highest BCUT2D eigenvalue weighted by Gasteiger charge is 2.14. The van der Waals surface area contributed by atoms with E-state index in [1.165, 1.54) is 18.6 Å². The first kappa shape index (κ1) is 14.5. The molecule has 0 bridgehead atoms. The fourth-order valence-electron chi connectivity index (χ4n) is 1.89. The Morgan fingerprint density at radius 2 is 2.23 bits per heavy atom. The minimum absolute atomic E-state index is 0.198. The maximum absolute atomic E-state index is 13.6. The van der Waals surface area contributed by atoms with Crippen molar-refractivity contribution in [3.63, 3.8) is 0 Å². The Bertz CT molecular complexity index is 845. The van der Waals surface area contributed by atoms with Gasteiger partial charge in [-0.3, -0.25) is 8.78 Å². The summed E-state index contributed by atoms with van der Waals surface area (Å²) < 4.78 is 31.8. The molecule has 0 N–H and O–H groups in total. The van der Waals surface area contributed by atoms with Crippen LogP contribution in [0.15, 0.2) is 34.2 Å². The van der Waals surface area contributed by atoms with E-state index in [2.05, 4.69) is 20.3 Å². The van der Waals surface area contributed by atoms with Crippen molar-refractivity contribution in [3.05, 3.63) is 41.8 Å². The minimum Gasteiger partial charge on any atom is -0.337 e. The summed E-state index contributed by atoms with van der Waals surface area (Å²) in [6.45, 7) is 1.88. The molecule has 0 aliphatic heterocycles. The van der Waals surface area contributed by atoms with E-state index < -0.39 is 10.8 Å². The zero-order valence-electron chi connectivity index (χ0n) is 11.9. The summed E-state index contributed by atoms with van der Waals surface area (Å²) in [5.41, 5.74) is 1.08. The van der Waals surface area contributed by atoms with Crippen molar-refractivity contribution in [3.8, 4) is 11.4 Å². The van der Waals surface area contributed by atoms with Crippen LogP contribution in [-0.4, -0.2) is 35.4 Å². The topological polar surface area (TPSA) is 86.7 Å². The number of hydrogen-bond acceptors (Lipinski definition) is 6. The third-order valence-electron chi connectivity index (χ3n) is 3.04. The number of nitrogens with zero attached hydrogens (tertiary/aromatic N) is 5. The Morgan fingerprint density at radius 1 is 1.41 bits per heavy atom. The standard InChI is InChI=1S/C13H12FN5O2S/c1-8-3-4-9(5-10(8)14)12-16-11(21-18-12)6-19-7-15-17-13(19)22(2)20/h3-5,7H,6H2,1-2H3. The molecule has 0 aliphatic carbocycles. The summed E-state index contributed by atoms with van der Waals surface area (Å²) in [6, 6.07) is 4.73. The van der Waals surface area contributed by atoms with Gasteiger partial charge in [-0.05, 0) is 18.6 Å². The molecule has 0 saturated heterocycles. The molecule has 0 radical (unpaired) electrons. The molecule has 0 spiro atoms. The molecule has 22 heavy (non-hydrogen) atoms. The zero-order valence-corrected chi connectivity index (χ0v) is 12.7. The Labute approximate surface area is 127 Å². The average Bonchev–Trinajstić information content (AvgIpc) is 3.11. The van der Waals surface area contributed by atoms with Crippen LogP contribution in [0.5, 0.6) is 0 Å². The van der Waals surface area contributed by atoms with Gasteiger partial charge < -0.3 is 4.52 Å². The van der Waals surface area contributed by atoms with E-state index in [4.69, 9.17) is 4.52 Å². The van der Waals surface area contributed by atoms with Crippen LogP contribution in [0, 0.1) is 12.7 Å². The predicted molar refractivity (Wildman–Crippen MR) is 75.9 cm³/mol. The van der Waals surface area contributed by atoms with Crippen LogP contribution in [0.1, 0.15) is 11.5 Å². The molecule has 0 fully saturated rings. The summed E-state index contributed by atoms with van der Waals surface area (Å²) >= 11 is 0. The lowest BCUT2D eigenvalue weighted by Gasteiger charge is -1.99. The summed E-state index contributed by atoms with van der Waals surface area (Å²) in [6.07, 6.45) is 2.95. The number of aromatic nitrogens is 5. The van der Waals surface area contributed by atoms with Crippen molar-refractivity contribution < 1.29 is 13.1 Å². The second kappa shape index (κ2) is 5.76. The van der Waals surface area contributed by atoms with E-state index in [-0.39, 0.29) is 12.4 Å². The molecule has 3 aromatic rings. The van der Waals surface area contributed by atoms with E-state index in [1.54, 1.807) is 23.6 Å². The van der Waals surface area contributed by atoms with Crippen LogP contribution < -0.4 is 0 Å². The van der Waals surface area contributed by atoms with Crippen molar-refractivity contribution in [2.75, 3.05) is 6.26 Å². The minimum atomic E-state index is -1.27. The van der Waals surface area contributed by atoms with Crippen molar-refractivity contribution in [1.29, 1.82) is 0 Å². The van der Waals surface area contributed by atoms with Gasteiger partial charge in [0.1, 0.15) is 18.7 Å². The number of aryl methyl sites for hydroxylation is 1. The van der Waals surface area contributed by atoms with Gasteiger partial charge in [-0.2, -0.15) is 4.98 Å². The molecule has 3 rings (SSSR count). The first-order valence-corrected chi connectivity index (χ1v) is 7.91. The van der Waals surface area contributed by atoms with Crippen LogP contribution in [-0.2, 0) is 17.3 Å². The molecule has 1 unspecified atom stereocenters. The largest absolute Gasteiger partial charge is 0.337 e. The van der Waals surface area contributed by atoms with Crippen LogP contribution in [0.25, 0.3) is 11.4 Å². The van der Waals surface area contributed by atoms with E-state index in [1.807, 2.05) is 0 Å². The second-order valence-corrected chi connectivity index (χ2v) is 5.94. The number of halogens is 1. The Balaban J connectivity index is 1.86. The van der Waals surface area contributed by atoms with Crippen molar-refractivity contribution >= 4 is 10.8 Å². The van der Waals surface area contributed by atoms with E-state index >= 15 is 0 Å². The molecule has 1 atom stereocenters. The first-order chi connectivity index (χ1) is 10.5. The third kappa shape index (κ3) is 2.80. The van der Waals surface area contributed by atoms with Gasteiger partial charge in [0.15, 0.2) is 0 Å². The molecule has 0 amide bonds. The monoisotopic (exact) mass is 321 g/mol. The maximum atomic E-state index is 13.6. The van der Waals surface area contributed by atoms with Crippen molar-refractivity contribution in [1.82, 2.24) is 24.9 Å². The molecule has 7 nitrogen and oxygen atoms in total. The van der Waals surface area contributed by atoms with Crippen molar-refractivity contribution in [2.24, 2.45) is 0 Å². The molecular weight excluding hydrogens is 309 g/mol. The van der Waals surface area contributed by atoms with Gasteiger partial charge in [0, 0.05) is 11.8 Å². The van der Waals surface area contributed by atoms with Gasteiger partial charge in [-0.1, -0.05) is 17.3 Å². The lowest BCUT2D eigenvalue weighted by molar-refractivity contribution is 0.367. The summed E-state index contributed by atoms with van der Waals surface area (Å²) in [5, 5.41) is 11.6. The second-order valence-electron chi connectivity index (χ2n) is 4.67. The van der Waals surface area contributed by atoms with Gasteiger partial charge in [-0.25, -0.2) is 4.39 Å². The van der Waals surface area contributed by atoms with Gasteiger partial charge in [0.2, 0.25) is 16.9 Å². The summed E-state index contributed by atoms with van der Waals surface area (Å²) in [7, 11) is -1.27. The SMILES string of the molecule is Cc1ccc(-c2noc(Cn3cnnc3S(C)=O)n2)cc1F. The van der Waals surface area contributed by atoms with E-state index in [9.17, 15) is 8.60 Å². The zero-order chi connectivity index (χ0) is 15.7. The fraction of sp³-hybridized carbons (Fsp3) is 0.231. The van der Waals surface area contributed by atoms with Crippen molar-refractivity contribution in [2.45, 2.75) is 18.6 Å². The predicted octanol–water partition coefficient (Wildman–Crippen LogP) is 1.56. The lowest BCUT2D eigenvalue weighted by Crippen LogP contribution is -2.05. The smallest absolute Gasteiger partial charge is 0.247 e. The molecule has 1 aromatic carbocycles. The summed E-state index contributed by atoms with van der Waals surface area (Å²) in [4.78, 5) is 4.21. The van der Waals surface area contributed by atoms with Crippen LogP contribution in [0.3, 0.4) is 0 Å². The van der Waals surface area contributed by atoms with Crippen LogP contribution in [0.4, 0.5) is 4.39 Å². The highest BCUT2D eigenvalue weighted by Crippen LogP contribution is 2.19. The molecular formula is C13H12FN5O2S.